The Labute approximate surface area is 230 Å². The zero-order valence-corrected chi connectivity index (χ0v) is 22.3. The smallest absolute Gasteiger partial charge is 0.345 e. The van der Waals surface area contributed by atoms with Gasteiger partial charge in [0.15, 0.2) is 5.75 Å². The normalized spacial score (nSPS) is 14.8. The number of para-hydroxylation sites is 1. The molecular weight excluding hydrogens is 646 g/mol. The largest absolute Gasteiger partial charge is 0.421 e. The number of hydrogen-bond acceptors (Lipinski definition) is 5. The highest BCUT2D eigenvalue weighted by molar-refractivity contribution is 9.11. The van der Waals surface area contributed by atoms with Gasteiger partial charge in [0.25, 0.3) is 11.8 Å². The number of hydrogen-bond donors (Lipinski definition) is 1. The number of barbiturate groups is 1. The van der Waals surface area contributed by atoms with Gasteiger partial charge in [0.1, 0.15) is 11.4 Å². The van der Waals surface area contributed by atoms with Gasteiger partial charge in [0.05, 0.1) is 20.7 Å². The van der Waals surface area contributed by atoms with Crippen LogP contribution in [0.5, 0.6) is 5.75 Å². The van der Waals surface area contributed by atoms with Crippen molar-refractivity contribution in [1.29, 1.82) is 0 Å². The van der Waals surface area contributed by atoms with E-state index in [2.05, 4.69) is 31.9 Å². The number of halogens is 5. The Hall–Kier alpha value is -3.05. The van der Waals surface area contributed by atoms with Gasteiger partial charge in [0, 0.05) is 15.1 Å². The Kier molecular flexibility index (Phi) is 7.60. The number of esters is 1. The van der Waals surface area contributed by atoms with Gasteiger partial charge < -0.3 is 4.74 Å². The molecule has 4 rings (SSSR count). The van der Waals surface area contributed by atoms with E-state index < -0.39 is 35.2 Å². The molecule has 1 N–H and O–H groups in total. The van der Waals surface area contributed by atoms with Gasteiger partial charge in [-0.1, -0.05) is 51.3 Å². The van der Waals surface area contributed by atoms with Crippen molar-refractivity contribution in [2.24, 2.45) is 0 Å². The van der Waals surface area contributed by atoms with E-state index in [1.807, 2.05) is 5.32 Å². The number of carbonyl (C=O) groups excluding carboxylic acids is 4. The minimum absolute atomic E-state index is 0.0253. The van der Waals surface area contributed by atoms with Crippen LogP contribution in [-0.2, 0) is 9.59 Å². The van der Waals surface area contributed by atoms with Crippen molar-refractivity contribution in [1.82, 2.24) is 5.32 Å². The number of benzene rings is 3. The van der Waals surface area contributed by atoms with Crippen LogP contribution in [0.2, 0.25) is 10.0 Å². The molecule has 12 heteroatoms. The lowest BCUT2D eigenvalue weighted by Gasteiger charge is -2.26. The molecule has 0 aromatic heterocycles. The first-order chi connectivity index (χ1) is 17.1. The summed E-state index contributed by atoms with van der Waals surface area (Å²) in [6.45, 7) is 0. The van der Waals surface area contributed by atoms with Crippen LogP contribution in [0.3, 0.4) is 0 Å². The Morgan fingerprint density at radius 1 is 1.03 bits per heavy atom. The van der Waals surface area contributed by atoms with E-state index in [1.54, 1.807) is 6.07 Å². The van der Waals surface area contributed by atoms with Gasteiger partial charge in [-0.3, -0.25) is 14.9 Å². The summed E-state index contributed by atoms with van der Waals surface area (Å²) in [4.78, 5) is 51.4. The molecule has 0 saturated carbocycles. The van der Waals surface area contributed by atoms with Crippen LogP contribution < -0.4 is 15.0 Å². The molecule has 4 amide bonds. The fourth-order valence-corrected chi connectivity index (χ4v) is 5.09. The maximum atomic E-state index is 14.3. The van der Waals surface area contributed by atoms with Gasteiger partial charge in [-0.25, -0.2) is 18.9 Å². The Bertz CT molecular complexity index is 1500. The SMILES string of the molecule is O=C1NC(=O)N(c2ccccc2F)C(=O)/C1=C\c1cc(Br)cc(Br)c1OC(=O)c1ccc(Cl)cc1Cl. The minimum atomic E-state index is -1.10. The summed E-state index contributed by atoms with van der Waals surface area (Å²) in [5.41, 5.74) is -0.684. The van der Waals surface area contributed by atoms with Crippen LogP contribution in [0.25, 0.3) is 6.08 Å². The summed E-state index contributed by atoms with van der Waals surface area (Å²) in [5.74, 6) is -3.79. The quantitative estimate of drug-likeness (QED) is 0.149. The number of rotatable bonds is 4. The van der Waals surface area contributed by atoms with Crippen molar-refractivity contribution in [2.45, 2.75) is 0 Å². The second-order valence-corrected chi connectivity index (χ2v) is 9.84. The molecule has 1 fully saturated rings. The highest BCUT2D eigenvalue weighted by Gasteiger charge is 2.38. The third-order valence-electron chi connectivity index (χ3n) is 4.88. The van der Waals surface area contributed by atoms with E-state index >= 15 is 0 Å². The van der Waals surface area contributed by atoms with Crippen molar-refractivity contribution in [3.8, 4) is 5.75 Å². The van der Waals surface area contributed by atoms with Crippen molar-refractivity contribution >= 4 is 90.6 Å². The highest BCUT2D eigenvalue weighted by Crippen LogP contribution is 2.36. The first-order valence-corrected chi connectivity index (χ1v) is 12.2. The summed E-state index contributed by atoms with van der Waals surface area (Å²) >= 11 is 18.6. The minimum Gasteiger partial charge on any atom is -0.421 e. The number of anilines is 1. The fourth-order valence-electron chi connectivity index (χ4n) is 3.26. The molecule has 0 bridgehead atoms. The molecule has 0 atom stereocenters. The second-order valence-electron chi connectivity index (χ2n) is 7.23. The second kappa shape index (κ2) is 10.5. The predicted octanol–water partition coefficient (Wildman–Crippen LogP) is 6.54. The first-order valence-electron chi connectivity index (χ1n) is 9.89. The standard InChI is InChI=1S/C24H11Br2Cl2FN2O5/c25-12-7-11(20(16(26)9-12)36-23(34)14-6-5-13(27)10-17(14)28)8-15-21(32)30-24(35)31(22(15)33)19-4-2-1-3-18(19)29/h1-10H,(H,30,32,35)/b15-8-. The third-order valence-corrected chi connectivity index (χ3v) is 6.47. The molecule has 0 spiro atoms. The van der Waals surface area contributed by atoms with Crippen LogP contribution in [-0.4, -0.2) is 23.8 Å². The molecule has 36 heavy (non-hydrogen) atoms. The Balaban J connectivity index is 1.77. The molecule has 0 unspecified atom stereocenters. The van der Waals surface area contributed by atoms with Crippen LogP contribution in [0, 0.1) is 5.82 Å². The lowest BCUT2D eigenvalue weighted by molar-refractivity contribution is -0.122. The average molecular weight is 657 g/mol. The number of carbonyl (C=O) groups is 4. The van der Waals surface area contributed by atoms with Gasteiger partial charge in [0.2, 0.25) is 0 Å². The Morgan fingerprint density at radius 3 is 2.44 bits per heavy atom. The summed E-state index contributed by atoms with van der Waals surface area (Å²) in [6.07, 6.45) is 1.12. The maximum Gasteiger partial charge on any atom is 0.345 e. The lowest BCUT2D eigenvalue weighted by Crippen LogP contribution is -2.54. The topological polar surface area (TPSA) is 92.8 Å². The van der Waals surface area contributed by atoms with Crippen LogP contribution in [0.15, 0.2) is 69.1 Å². The van der Waals surface area contributed by atoms with Crippen molar-refractivity contribution in [2.75, 3.05) is 4.90 Å². The molecule has 3 aromatic carbocycles. The lowest BCUT2D eigenvalue weighted by atomic mass is 10.1. The molecule has 3 aromatic rings. The van der Waals surface area contributed by atoms with E-state index in [9.17, 15) is 23.6 Å². The van der Waals surface area contributed by atoms with Gasteiger partial charge in [-0.05, 0) is 64.5 Å². The molecule has 182 valence electrons. The molecule has 1 aliphatic rings. The van der Waals surface area contributed by atoms with Crippen molar-refractivity contribution < 1.29 is 28.3 Å². The third kappa shape index (κ3) is 5.22. The van der Waals surface area contributed by atoms with E-state index in [1.165, 1.54) is 42.5 Å². The molecule has 7 nitrogen and oxygen atoms in total. The zero-order chi connectivity index (χ0) is 26.1. The molecule has 1 heterocycles. The molecular formula is C24H11Br2Cl2FN2O5. The summed E-state index contributed by atoms with van der Waals surface area (Å²) in [5, 5.41) is 2.39. The van der Waals surface area contributed by atoms with Crippen LogP contribution in [0.4, 0.5) is 14.9 Å². The van der Waals surface area contributed by atoms with E-state index in [-0.39, 0.29) is 27.6 Å². The number of urea groups is 1. The highest BCUT2D eigenvalue weighted by atomic mass is 79.9. The molecule has 1 saturated heterocycles. The molecule has 0 radical (unpaired) electrons. The molecule has 0 aliphatic carbocycles. The van der Waals surface area contributed by atoms with Crippen molar-refractivity contribution in [3.63, 3.8) is 0 Å². The summed E-state index contributed by atoms with van der Waals surface area (Å²) < 4.78 is 20.7. The number of ether oxygens (including phenoxy) is 1. The number of nitrogens with zero attached hydrogens (tertiary/aromatic N) is 1. The average Bonchev–Trinajstić information content (AvgIpc) is 2.79. The predicted molar refractivity (Wildman–Crippen MR) is 139 cm³/mol. The van der Waals surface area contributed by atoms with Crippen LogP contribution in [0.1, 0.15) is 15.9 Å². The number of imide groups is 2. The van der Waals surface area contributed by atoms with Gasteiger partial charge in [-0.2, -0.15) is 0 Å². The first kappa shape index (κ1) is 26.0. The Morgan fingerprint density at radius 2 is 1.75 bits per heavy atom. The number of amides is 4. The van der Waals surface area contributed by atoms with E-state index in [4.69, 9.17) is 27.9 Å². The summed E-state index contributed by atoms with van der Waals surface area (Å²) in [7, 11) is 0. The fraction of sp³-hybridized carbons (Fsp3) is 0. The summed E-state index contributed by atoms with van der Waals surface area (Å²) in [6, 6.07) is 11.3. The monoisotopic (exact) mass is 654 g/mol. The van der Waals surface area contributed by atoms with Crippen LogP contribution >= 0.6 is 55.1 Å². The van der Waals surface area contributed by atoms with Crippen molar-refractivity contribution in [3.05, 3.63) is 96.1 Å². The van der Waals surface area contributed by atoms with Gasteiger partial charge >= 0.3 is 12.0 Å². The zero-order valence-electron chi connectivity index (χ0n) is 17.7. The van der Waals surface area contributed by atoms with E-state index in [0.717, 1.165) is 12.1 Å². The number of nitrogens with one attached hydrogen (secondary N) is 1. The van der Waals surface area contributed by atoms with Gasteiger partial charge in [-0.15, -0.1) is 0 Å². The maximum absolute atomic E-state index is 14.3. The van der Waals surface area contributed by atoms with E-state index in [0.29, 0.717) is 18.9 Å². The molecule has 1 aliphatic heterocycles.